The standard InChI is InChI=1S/C26H22ClNO2/c27-26-9-5-4-6-21(26)19-29-23-14-10-20(11-15-23)18-28-22-12-16-25(17-13-22)30-24-7-2-1-3-8-24/h1-17,28H,18-19H2. The number of benzene rings is 4. The number of hydrogen-bond donors (Lipinski definition) is 1. The van der Waals surface area contributed by atoms with Gasteiger partial charge >= 0.3 is 0 Å². The molecule has 4 heteroatoms. The maximum Gasteiger partial charge on any atom is 0.127 e. The molecule has 1 N–H and O–H groups in total. The summed E-state index contributed by atoms with van der Waals surface area (Å²) in [5.41, 5.74) is 3.18. The molecule has 0 aromatic heterocycles. The van der Waals surface area contributed by atoms with Crippen LogP contribution >= 0.6 is 11.6 Å². The van der Waals surface area contributed by atoms with Crippen LogP contribution in [0.5, 0.6) is 17.2 Å². The SMILES string of the molecule is Clc1ccccc1COc1ccc(CNc2ccc(Oc3ccccc3)cc2)cc1. The van der Waals surface area contributed by atoms with Crippen molar-refractivity contribution in [3.63, 3.8) is 0 Å². The minimum atomic E-state index is 0.453. The Morgan fingerprint density at radius 3 is 2.00 bits per heavy atom. The molecular formula is C26H22ClNO2. The number of halogens is 1. The van der Waals surface area contributed by atoms with Gasteiger partial charge in [-0.1, -0.05) is 60.1 Å². The predicted molar refractivity (Wildman–Crippen MR) is 123 cm³/mol. The van der Waals surface area contributed by atoms with Gasteiger partial charge in [-0.15, -0.1) is 0 Å². The van der Waals surface area contributed by atoms with Gasteiger partial charge in [-0.3, -0.25) is 0 Å². The zero-order chi connectivity index (χ0) is 20.6. The van der Waals surface area contributed by atoms with Gasteiger partial charge in [-0.25, -0.2) is 0 Å². The first-order valence-electron chi connectivity index (χ1n) is 9.78. The highest BCUT2D eigenvalue weighted by molar-refractivity contribution is 6.31. The van der Waals surface area contributed by atoms with Gasteiger partial charge < -0.3 is 14.8 Å². The summed E-state index contributed by atoms with van der Waals surface area (Å²) in [5, 5.41) is 4.14. The Kier molecular flexibility index (Phi) is 6.53. The maximum absolute atomic E-state index is 6.17. The summed E-state index contributed by atoms with van der Waals surface area (Å²) >= 11 is 6.17. The largest absolute Gasteiger partial charge is 0.489 e. The second-order valence-electron chi connectivity index (χ2n) is 6.82. The van der Waals surface area contributed by atoms with Crippen LogP contribution in [-0.2, 0) is 13.2 Å². The van der Waals surface area contributed by atoms with Crippen LogP contribution < -0.4 is 14.8 Å². The lowest BCUT2D eigenvalue weighted by Gasteiger charge is -2.10. The summed E-state index contributed by atoms with van der Waals surface area (Å²) in [5.74, 6) is 2.46. The molecule has 0 aliphatic carbocycles. The monoisotopic (exact) mass is 415 g/mol. The van der Waals surface area contributed by atoms with E-state index in [1.54, 1.807) is 0 Å². The molecule has 0 atom stereocenters. The molecule has 0 amide bonds. The van der Waals surface area contributed by atoms with Crippen LogP contribution in [0.4, 0.5) is 5.69 Å². The first-order chi connectivity index (χ1) is 14.8. The fraction of sp³-hybridized carbons (Fsp3) is 0.0769. The summed E-state index contributed by atoms with van der Waals surface area (Å²) in [6.07, 6.45) is 0. The van der Waals surface area contributed by atoms with Crippen LogP contribution in [-0.4, -0.2) is 0 Å². The number of hydrogen-bond acceptors (Lipinski definition) is 3. The van der Waals surface area contributed by atoms with Gasteiger partial charge in [0, 0.05) is 22.8 Å². The summed E-state index contributed by atoms with van der Waals surface area (Å²) in [7, 11) is 0. The van der Waals surface area contributed by atoms with Gasteiger partial charge in [0.25, 0.3) is 0 Å². The Labute approximate surface area is 181 Å². The van der Waals surface area contributed by atoms with Crippen molar-refractivity contribution in [3.05, 3.63) is 119 Å². The van der Waals surface area contributed by atoms with Crippen molar-refractivity contribution < 1.29 is 9.47 Å². The average molecular weight is 416 g/mol. The van der Waals surface area contributed by atoms with E-state index in [-0.39, 0.29) is 0 Å². The van der Waals surface area contributed by atoms with Crippen molar-refractivity contribution in [1.82, 2.24) is 0 Å². The summed E-state index contributed by atoms with van der Waals surface area (Å²) in [6.45, 7) is 1.18. The van der Waals surface area contributed by atoms with E-state index in [0.29, 0.717) is 6.61 Å². The lowest BCUT2D eigenvalue weighted by Crippen LogP contribution is -2.00. The topological polar surface area (TPSA) is 30.5 Å². The third kappa shape index (κ3) is 5.56. The van der Waals surface area contributed by atoms with E-state index in [4.69, 9.17) is 21.1 Å². The van der Waals surface area contributed by atoms with Crippen LogP contribution in [0.1, 0.15) is 11.1 Å². The van der Waals surface area contributed by atoms with Gasteiger partial charge in [0.05, 0.1) is 0 Å². The molecule has 0 unspecified atom stereocenters. The van der Waals surface area contributed by atoms with E-state index in [2.05, 4.69) is 17.4 Å². The van der Waals surface area contributed by atoms with Crippen molar-refractivity contribution in [2.75, 3.05) is 5.32 Å². The fourth-order valence-electron chi connectivity index (χ4n) is 2.95. The first kappa shape index (κ1) is 19.9. The Balaban J connectivity index is 1.27. The summed E-state index contributed by atoms with van der Waals surface area (Å²) in [4.78, 5) is 0. The number of ether oxygens (including phenoxy) is 2. The molecule has 0 aliphatic rings. The zero-order valence-electron chi connectivity index (χ0n) is 16.4. The number of rotatable bonds is 8. The Morgan fingerprint density at radius 1 is 0.633 bits per heavy atom. The lowest BCUT2D eigenvalue weighted by atomic mass is 10.2. The minimum absolute atomic E-state index is 0.453. The van der Waals surface area contributed by atoms with Gasteiger partial charge in [0.2, 0.25) is 0 Å². The molecule has 0 fully saturated rings. The molecule has 4 rings (SSSR count). The second kappa shape index (κ2) is 9.86. The molecule has 4 aromatic carbocycles. The van der Waals surface area contributed by atoms with E-state index >= 15 is 0 Å². The average Bonchev–Trinajstić information content (AvgIpc) is 2.79. The highest BCUT2D eigenvalue weighted by Crippen LogP contribution is 2.23. The molecule has 150 valence electrons. The quantitative estimate of drug-likeness (QED) is 0.327. The Hall–Kier alpha value is -3.43. The molecule has 3 nitrogen and oxygen atoms in total. The number of nitrogens with one attached hydrogen (secondary N) is 1. The van der Waals surface area contributed by atoms with Crippen molar-refractivity contribution in [3.8, 4) is 17.2 Å². The molecule has 30 heavy (non-hydrogen) atoms. The van der Waals surface area contributed by atoms with E-state index in [0.717, 1.165) is 40.1 Å². The first-order valence-corrected chi connectivity index (χ1v) is 10.2. The van der Waals surface area contributed by atoms with Crippen LogP contribution in [0.15, 0.2) is 103 Å². The van der Waals surface area contributed by atoms with Crippen LogP contribution in [0.25, 0.3) is 0 Å². The van der Waals surface area contributed by atoms with E-state index < -0.39 is 0 Å². The van der Waals surface area contributed by atoms with E-state index in [1.165, 1.54) is 5.56 Å². The number of para-hydroxylation sites is 1. The Morgan fingerprint density at radius 2 is 1.27 bits per heavy atom. The molecule has 0 aliphatic heterocycles. The van der Waals surface area contributed by atoms with Gasteiger partial charge in [0.1, 0.15) is 23.9 Å². The smallest absolute Gasteiger partial charge is 0.127 e. The van der Waals surface area contributed by atoms with Gasteiger partial charge in [0.15, 0.2) is 0 Å². The van der Waals surface area contributed by atoms with Crippen molar-refractivity contribution in [2.45, 2.75) is 13.2 Å². The van der Waals surface area contributed by atoms with Crippen molar-refractivity contribution in [2.24, 2.45) is 0 Å². The lowest BCUT2D eigenvalue weighted by molar-refractivity contribution is 0.306. The molecule has 0 saturated heterocycles. The second-order valence-corrected chi connectivity index (χ2v) is 7.22. The molecule has 0 radical (unpaired) electrons. The van der Waals surface area contributed by atoms with E-state index in [1.807, 2.05) is 91.0 Å². The third-order valence-corrected chi connectivity index (χ3v) is 4.97. The highest BCUT2D eigenvalue weighted by Gasteiger charge is 2.02. The molecule has 4 aromatic rings. The Bertz CT molecular complexity index is 1060. The van der Waals surface area contributed by atoms with Crippen LogP contribution in [0, 0.1) is 0 Å². The summed E-state index contributed by atoms with van der Waals surface area (Å²) < 4.78 is 11.7. The molecule has 0 spiro atoms. The molecule has 0 saturated carbocycles. The molecule has 0 bridgehead atoms. The predicted octanol–water partition coefficient (Wildman–Crippen LogP) is 7.32. The highest BCUT2D eigenvalue weighted by atomic mass is 35.5. The molecule has 0 heterocycles. The van der Waals surface area contributed by atoms with E-state index in [9.17, 15) is 0 Å². The normalized spacial score (nSPS) is 10.4. The fourth-order valence-corrected chi connectivity index (χ4v) is 3.14. The van der Waals surface area contributed by atoms with Crippen LogP contribution in [0.2, 0.25) is 5.02 Å². The zero-order valence-corrected chi connectivity index (χ0v) is 17.2. The van der Waals surface area contributed by atoms with Crippen LogP contribution in [0.3, 0.4) is 0 Å². The molecular weight excluding hydrogens is 394 g/mol. The number of anilines is 1. The maximum atomic E-state index is 6.17. The van der Waals surface area contributed by atoms with Gasteiger partial charge in [-0.2, -0.15) is 0 Å². The summed E-state index contributed by atoms with van der Waals surface area (Å²) in [6, 6.07) is 33.5. The van der Waals surface area contributed by atoms with Crippen molar-refractivity contribution in [1.29, 1.82) is 0 Å². The van der Waals surface area contributed by atoms with Crippen molar-refractivity contribution >= 4 is 17.3 Å². The third-order valence-electron chi connectivity index (χ3n) is 4.61. The minimum Gasteiger partial charge on any atom is -0.489 e. The van der Waals surface area contributed by atoms with Gasteiger partial charge in [-0.05, 0) is 60.2 Å².